The van der Waals surface area contributed by atoms with E-state index in [-0.39, 0.29) is 24.9 Å². The van der Waals surface area contributed by atoms with Gasteiger partial charge in [-0.2, -0.15) is 0 Å². The van der Waals surface area contributed by atoms with Gasteiger partial charge in [0.1, 0.15) is 6.10 Å². The molecule has 0 bridgehead atoms. The smallest absolute Gasteiger partial charge is 0.306 e. The van der Waals surface area contributed by atoms with E-state index in [2.05, 4.69) is 50.4 Å². The number of aliphatic hydroxyl groups excluding tert-OH is 2. The van der Waals surface area contributed by atoms with Crippen LogP contribution in [-0.2, 0) is 14.3 Å². The highest BCUT2D eigenvalue weighted by Crippen LogP contribution is 2.19. The molecule has 0 saturated heterocycles. The van der Waals surface area contributed by atoms with Gasteiger partial charge in [0.2, 0.25) is 5.91 Å². The number of nitrogens with one attached hydrogen (secondary N) is 1. The zero-order valence-electron chi connectivity index (χ0n) is 45.3. The highest BCUT2D eigenvalue weighted by molar-refractivity contribution is 5.77. The van der Waals surface area contributed by atoms with Crippen molar-refractivity contribution in [3.63, 3.8) is 0 Å². The number of carbonyl (C=O) groups is 2. The highest BCUT2D eigenvalue weighted by Gasteiger charge is 2.24. The quantitative estimate of drug-likeness (QED) is 0.0321. The van der Waals surface area contributed by atoms with Gasteiger partial charge >= 0.3 is 5.97 Å². The SMILES string of the molecule is CCCCC/C=C\C/C=C\CCCCCCCC(CC(=O)NC(CO)C(O)CCCCCCCCCCCCCCCC)OC(=O)CCCCCCCCCCCCCCCCCCCCC. The molecule has 3 N–H and O–H groups in total. The molecule has 0 aliphatic carbocycles. The third-order valence-corrected chi connectivity index (χ3v) is 14.0. The summed E-state index contributed by atoms with van der Waals surface area (Å²) in [7, 11) is 0. The van der Waals surface area contributed by atoms with E-state index >= 15 is 0 Å². The largest absolute Gasteiger partial charge is 0.462 e. The van der Waals surface area contributed by atoms with Crippen LogP contribution in [0.4, 0.5) is 0 Å². The summed E-state index contributed by atoms with van der Waals surface area (Å²) in [5.41, 5.74) is 0. The molecule has 1 amide bonds. The third-order valence-electron chi connectivity index (χ3n) is 14.0. The summed E-state index contributed by atoms with van der Waals surface area (Å²) < 4.78 is 5.97. The van der Waals surface area contributed by atoms with Crippen LogP contribution in [0.1, 0.15) is 329 Å². The minimum absolute atomic E-state index is 0.0743. The Morgan fingerprint density at radius 3 is 1.16 bits per heavy atom. The number of amides is 1. The van der Waals surface area contributed by atoms with E-state index in [9.17, 15) is 19.8 Å². The number of rotatable bonds is 55. The fraction of sp³-hybridized carbons (Fsp3) is 0.902. The minimum Gasteiger partial charge on any atom is -0.462 e. The van der Waals surface area contributed by atoms with Crippen molar-refractivity contribution in [1.82, 2.24) is 5.32 Å². The van der Waals surface area contributed by atoms with Crippen LogP contribution in [0.25, 0.3) is 0 Å². The Morgan fingerprint density at radius 1 is 0.433 bits per heavy atom. The van der Waals surface area contributed by atoms with Gasteiger partial charge in [0.25, 0.3) is 0 Å². The lowest BCUT2D eigenvalue weighted by atomic mass is 10.0. The maximum atomic E-state index is 13.3. The Bertz CT molecular complexity index is 1060. The van der Waals surface area contributed by atoms with Crippen LogP contribution in [0.15, 0.2) is 24.3 Å². The first-order valence-electron chi connectivity index (χ1n) is 30.1. The van der Waals surface area contributed by atoms with Crippen LogP contribution in [-0.4, -0.2) is 46.9 Å². The lowest BCUT2D eigenvalue weighted by Crippen LogP contribution is -2.46. The molecule has 0 aromatic heterocycles. The Balaban J connectivity index is 4.50. The topological polar surface area (TPSA) is 95.9 Å². The van der Waals surface area contributed by atoms with E-state index < -0.39 is 18.2 Å². The molecule has 0 aromatic carbocycles. The monoisotopic (exact) mass is 944 g/mol. The number of esters is 1. The zero-order valence-corrected chi connectivity index (χ0v) is 45.3. The third kappa shape index (κ3) is 50.5. The predicted molar refractivity (Wildman–Crippen MR) is 292 cm³/mol. The van der Waals surface area contributed by atoms with E-state index in [1.54, 1.807) is 0 Å². The van der Waals surface area contributed by atoms with Crippen molar-refractivity contribution in [1.29, 1.82) is 0 Å². The average molecular weight is 945 g/mol. The van der Waals surface area contributed by atoms with Gasteiger partial charge in [0.15, 0.2) is 0 Å². The minimum atomic E-state index is -0.788. The van der Waals surface area contributed by atoms with Gasteiger partial charge < -0.3 is 20.3 Å². The van der Waals surface area contributed by atoms with Gasteiger partial charge in [0.05, 0.1) is 25.2 Å². The summed E-state index contributed by atoms with van der Waals surface area (Å²) >= 11 is 0. The van der Waals surface area contributed by atoms with Gasteiger partial charge in [-0.3, -0.25) is 9.59 Å². The first-order valence-corrected chi connectivity index (χ1v) is 30.1. The number of ether oxygens (including phenoxy) is 1. The average Bonchev–Trinajstić information content (AvgIpc) is 3.32. The molecule has 6 heteroatoms. The van der Waals surface area contributed by atoms with Crippen molar-refractivity contribution < 1.29 is 24.5 Å². The Kier molecular flexibility index (Phi) is 53.9. The molecule has 3 atom stereocenters. The van der Waals surface area contributed by atoms with Gasteiger partial charge in [-0.05, 0) is 57.8 Å². The van der Waals surface area contributed by atoms with E-state index in [0.29, 0.717) is 19.3 Å². The summed E-state index contributed by atoms with van der Waals surface area (Å²) in [6.45, 7) is 6.50. The molecule has 6 nitrogen and oxygen atoms in total. The molecular weight excluding hydrogens is 827 g/mol. The van der Waals surface area contributed by atoms with E-state index in [0.717, 1.165) is 64.2 Å². The maximum absolute atomic E-state index is 13.3. The molecule has 3 unspecified atom stereocenters. The van der Waals surface area contributed by atoms with Crippen LogP contribution in [0, 0.1) is 0 Å². The molecule has 0 aliphatic heterocycles. The van der Waals surface area contributed by atoms with Crippen molar-refractivity contribution in [3.8, 4) is 0 Å². The molecule has 0 heterocycles. The Labute approximate surface area is 418 Å². The second kappa shape index (κ2) is 55.3. The van der Waals surface area contributed by atoms with E-state index in [1.165, 1.54) is 218 Å². The van der Waals surface area contributed by atoms with Crippen LogP contribution in [0.5, 0.6) is 0 Å². The number of carbonyl (C=O) groups excluding carboxylic acids is 2. The summed E-state index contributed by atoms with van der Waals surface area (Å²) in [5, 5.41) is 23.9. The zero-order chi connectivity index (χ0) is 48.8. The summed E-state index contributed by atoms with van der Waals surface area (Å²) in [4.78, 5) is 26.3. The molecule has 0 saturated carbocycles. The predicted octanol–water partition coefficient (Wildman–Crippen LogP) is 18.6. The first-order chi connectivity index (χ1) is 33.0. The molecule has 0 rings (SSSR count). The molecule has 0 spiro atoms. The standard InChI is InChI=1S/C61H117NO5/c1-4-7-10-13-16-19-22-25-28-29-30-31-33-36-39-42-45-48-51-54-61(66)67-57(52-49-46-43-40-37-34-32-26-23-20-17-14-11-8-5-2)55-60(65)62-58(56-63)59(64)53-50-47-44-41-38-35-27-24-21-18-15-12-9-6-3/h17,20,26,32,57-59,63-64H,4-16,18-19,21-25,27-31,33-56H2,1-3H3,(H,62,65)/b20-17-,32-26-. The fourth-order valence-corrected chi connectivity index (χ4v) is 9.46. The number of allylic oxidation sites excluding steroid dienone is 4. The van der Waals surface area contributed by atoms with Gasteiger partial charge in [-0.15, -0.1) is 0 Å². The second-order valence-electron chi connectivity index (χ2n) is 20.8. The lowest BCUT2D eigenvalue weighted by Gasteiger charge is -2.24. The Morgan fingerprint density at radius 2 is 0.761 bits per heavy atom. The lowest BCUT2D eigenvalue weighted by molar-refractivity contribution is -0.151. The highest BCUT2D eigenvalue weighted by atomic mass is 16.5. The van der Waals surface area contributed by atoms with E-state index in [4.69, 9.17) is 4.74 Å². The van der Waals surface area contributed by atoms with Crippen LogP contribution in [0.2, 0.25) is 0 Å². The molecule has 0 aliphatic rings. The van der Waals surface area contributed by atoms with E-state index in [1.807, 2.05) is 0 Å². The molecule has 67 heavy (non-hydrogen) atoms. The van der Waals surface area contributed by atoms with Crippen LogP contribution < -0.4 is 5.32 Å². The van der Waals surface area contributed by atoms with Crippen molar-refractivity contribution >= 4 is 11.9 Å². The summed E-state index contributed by atoms with van der Waals surface area (Å²) in [6, 6.07) is -0.703. The second-order valence-corrected chi connectivity index (χ2v) is 20.8. The van der Waals surface area contributed by atoms with Crippen LogP contribution >= 0.6 is 0 Å². The van der Waals surface area contributed by atoms with Gasteiger partial charge in [0, 0.05) is 6.42 Å². The molecule has 0 fully saturated rings. The Hall–Kier alpha value is -1.66. The number of unbranched alkanes of at least 4 members (excludes halogenated alkanes) is 39. The molecule has 396 valence electrons. The normalized spacial score (nSPS) is 13.2. The number of hydrogen-bond acceptors (Lipinski definition) is 5. The molecule has 0 aromatic rings. The summed E-state index contributed by atoms with van der Waals surface area (Å²) in [6.07, 6.45) is 65.3. The van der Waals surface area contributed by atoms with Crippen molar-refractivity contribution in [2.45, 2.75) is 347 Å². The van der Waals surface area contributed by atoms with Gasteiger partial charge in [-0.25, -0.2) is 0 Å². The molecular formula is C61H117NO5. The van der Waals surface area contributed by atoms with Crippen LogP contribution in [0.3, 0.4) is 0 Å². The van der Waals surface area contributed by atoms with Crippen molar-refractivity contribution in [2.75, 3.05) is 6.61 Å². The molecule has 0 radical (unpaired) electrons. The van der Waals surface area contributed by atoms with Crippen molar-refractivity contribution in [3.05, 3.63) is 24.3 Å². The summed E-state index contributed by atoms with van der Waals surface area (Å²) in [5.74, 6) is -0.466. The maximum Gasteiger partial charge on any atom is 0.306 e. The fourth-order valence-electron chi connectivity index (χ4n) is 9.46. The van der Waals surface area contributed by atoms with Crippen molar-refractivity contribution in [2.24, 2.45) is 0 Å². The van der Waals surface area contributed by atoms with Gasteiger partial charge in [-0.1, -0.05) is 283 Å². The first kappa shape index (κ1) is 65.3. The number of aliphatic hydroxyl groups is 2. The number of hydrogen-bond donors (Lipinski definition) is 3.